The van der Waals surface area contributed by atoms with Crippen LogP contribution in [0.3, 0.4) is 0 Å². The highest BCUT2D eigenvalue weighted by atomic mass is 35.5. The van der Waals surface area contributed by atoms with Gasteiger partial charge in [0.1, 0.15) is 6.54 Å². The van der Waals surface area contributed by atoms with Gasteiger partial charge in [-0.15, -0.1) is 0 Å². The van der Waals surface area contributed by atoms with Crippen LogP contribution in [0.5, 0.6) is 0 Å². The maximum Gasteiger partial charge on any atom is 0.336 e. The van der Waals surface area contributed by atoms with E-state index in [2.05, 4.69) is 5.32 Å². The lowest BCUT2D eigenvalue weighted by molar-refractivity contribution is -0.140. The molecule has 1 aliphatic rings. The molecule has 1 heterocycles. The number of ether oxygens (including phenoxy) is 1. The van der Waals surface area contributed by atoms with Crippen molar-refractivity contribution in [2.75, 3.05) is 18.5 Å². The summed E-state index contributed by atoms with van der Waals surface area (Å²) in [5, 5.41) is 3.49. The van der Waals surface area contributed by atoms with E-state index in [1.54, 1.807) is 44.2 Å². The Balaban J connectivity index is 1.91. The van der Waals surface area contributed by atoms with Crippen molar-refractivity contribution in [3.63, 3.8) is 0 Å². The van der Waals surface area contributed by atoms with Crippen LogP contribution in [0.4, 0.5) is 5.69 Å². The van der Waals surface area contributed by atoms with Crippen LogP contribution in [-0.4, -0.2) is 35.8 Å². The van der Waals surface area contributed by atoms with Gasteiger partial charge in [-0.25, -0.2) is 4.79 Å². The molecule has 2 amide bonds. The van der Waals surface area contributed by atoms with E-state index < -0.39 is 11.9 Å². The first-order valence-electron chi connectivity index (χ1n) is 10.2. The van der Waals surface area contributed by atoms with E-state index in [4.69, 9.17) is 27.9 Å². The van der Waals surface area contributed by atoms with Crippen LogP contribution in [-0.2, 0) is 19.1 Å². The molecule has 6 nitrogen and oxygen atoms in total. The number of rotatable bonds is 6. The van der Waals surface area contributed by atoms with E-state index in [0.29, 0.717) is 32.6 Å². The Bertz CT molecular complexity index is 1080. The average Bonchev–Trinajstić information content (AvgIpc) is 2.74. The summed E-state index contributed by atoms with van der Waals surface area (Å²) < 4.78 is 5.26. The number of carbonyl (C=O) groups is 3. The molecule has 0 aliphatic carbocycles. The topological polar surface area (TPSA) is 75.7 Å². The molecule has 32 heavy (non-hydrogen) atoms. The Morgan fingerprint density at radius 3 is 2.41 bits per heavy atom. The molecule has 0 fully saturated rings. The van der Waals surface area contributed by atoms with Crippen molar-refractivity contribution in [2.45, 2.75) is 33.1 Å². The summed E-state index contributed by atoms with van der Waals surface area (Å²) in [6, 6.07) is 12.4. The molecule has 0 bridgehead atoms. The number of anilines is 1. The number of carbonyl (C=O) groups excluding carboxylic acids is 3. The lowest BCUT2D eigenvalue weighted by Crippen LogP contribution is -2.42. The molecule has 0 saturated carbocycles. The molecule has 1 unspecified atom stereocenters. The van der Waals surface area contributed by atoms with Gasteiger partial charge in [0, 0.05) is 23.7 Å². The second kappa shape index (κ2) is 10.2. The Kier molecular flexibility index (Phi) is 7.59. The van der Waals surface area contributed by atoms with Crippen molar-refractivity contribution < 1.29 is 19.1 Å². The number of hydrogen-bond acceptors (Lipinski definition) is 4. The normalized spacial score (nSPS) is 16.2. The molecular formula is C24H24Cl2N2O4. The molecule has 2 aromatic carbocycles. The van der Waals surface area contributed by atoms with Crippen molar-refractivity contribution >= 4 is 46.7 Å². The van der Waals surface area contributed by atoms with E-state index in [1.807, 2.05) is 19.1 Å². The third-order valence-electron chi connectivity index (χ3n) is 5.30. The second-order valence-corrected chi connectivity index (χ2v) is 8.36. The Morgan fingerprint density at radius 2 is 1.78 bits per heavy atom. The molecule has 0 aromatic heterocycles. The first-order chi connectivity index (χ1) is 15.2. The zero-order chi connectivity index (χ0) is 23.4. The largest absolute Gasteiger partial charge is 0.463 e. The van der Waals surface area contributed by atoms with E-state index in [9.17, 15) is 14.4 Å². The van der Waals surface area contributed by atoms with E-state index in [1.165, 1.54) is 4.90 Å². The van der Waals surface area contributed by atoms with Crippen molar-refractivity contribution in [1.82, 2.24) is 4.90 Å². The molecule has 168 valence electrons. The summed E-state index contributed by atoms with van der Waals surface area (Å²) in [7, 11) is 0. The minimum atomic E-state index is -0.548. The second-order valence-electron chi connectivity index (χ2n) is 7.54. The van der Waals surface area contributed by atoms with Gasteiger partial charge < -0.3 is 15.0 Å². The first-order valence-corrected chi connectivity index (χ1v) is 11.0. The molecule has 0 saturated heterocycles. The number of hydrogen-bond donors (Lipinski definition) is 1. The number of nitrogens with zero attached hydrogens (tertiary/aromatic N) is 1. The van der Waals surface area contributed by atoms with E-state index in [-0.39, 0.29) is 31.4 Å². The van der Waals surface area contributed by atoms with Gasteiger partial charge in [0.25, 0.3) is 0 Å². The molecule has 0 radical (unpaired) electrons. The maximum atomic E-state index is 13.0. The van der Waals surface area contributed by atoms with Gasteiger partial charge in [-0.2, -0.15) is 0 Å². The minimum Gasteiger partial charge on any atom is -0.463 e. The monoisotopic (exact) mass is 474 g/mol. The standard InChI is InChI=1S/C24H24Cl2N2O4/c1-4-32-24(31)23-15(3)28(13-21(29)27-17-8-5-14(2)6-9-17)22(30)12-18(23)16-7-10-19(25)20(26)11-16/h5-11,18H,4,12-13H2,1-3H3,(H,27,29). The van der Waals surface area contributed by atoms with E-state index >= 15 is 0 Å². The zero-order valence-electron chi connectivity index (χ0n) is 18.1. The summed E-state index contributed by atoms with van der Waals surface area (Å²) in [6.45, 7) is 5.28. The lowest BCUT2D eigenvalue weighted by atomic mass is 9.83. The van der Waals surface area contributed by atoms with Gasteiger partial charge in [-0.1, -0.05) is 47.0 Å². The first kappa shape index (κ1) is 23.8. The summed E-state index contributed by atoms with van der Waals surface area (Å²) in [6.07, 6.45) is 0.00125. The van der Waals surface area contributed by atoms with Crippen LogP contribution >= 0.6 is 23.2 Å². The molecule has 8 heteroatoms. The predicted octanol–water partition coefficient (Wildman–Crippen LogP) is 5.09. The van der Waals surface area contributed by atoms with Gasteiger partial charge in [-0.05, 0) is 50.6 Å². The molecule has 2 aromatic rings. The van der Waals surface area contributed by atoms with E-state index in [0.717, 1.165) is 5.56 Å². The van der Waals surface area contributed by atoms with Gasteiger partial charge >= 0.3 is 5.97 Å². The fourth-order valence-electron chi connectivity index (χ4n) is 3.67. The molecule has 1 N–H and O–H groups in total. The van der Waals surface area contributed by atoms with Crippen molar-refractivity contribution in [1.29, 1.82) is 0 Å². The molecule has 3 rings (SSSR count). The molecule has 0 spiro atoms. The number of benzene rings is 2. The number of nitrogens with one attached hydrogen (secondary N) is 1. The van der Waals surface area contributed by atoms with Crippen molar-refractivity contribution in [3.8, 4) is 0 Å². The Labute approximate surface area is 197 Å². The van der Waals surface area contributed by atoms with Crippen LogP contribution in [0.1, 0.15) is 37.3 Å². The average molecular weight is 475 g/mol. The summed E-state index contributed by atoms with van der Waals surface area (Å²) in [4.78, 5) is 39.8. The highest BCUT2D eigenvalue weighted by Gasteiger charge is 2.37. The van der Waals surface area contributed by atoms with Crippen LogP contribution < -0.4 is 5.32 Å². The number of halogens is 2. The van der Waals surface area contributed by atoms with Crippen molar-refractivity contribution in [3.05, 3.63) is 74.9 Å². The Morgan fingerprint density at radius 1 is 1.09 bits per heavy atom. The van der Waals surface area contributed by atoms with Gasteiger partial charge in [0.05, 0.1) is 22.2 Å². The number of esters is 1. The molecular weight excluding hydrogens is 451 g/mol. The highest BCUT2D eigenvalue weighted by molar-refractivity contribution is 6.42. The molecule has 1 atom stereocenters. The van der Waals surface area contributed by atoms with Crippen LogP contribution in [0.25, 0.3) is 0 Å². The fourth-order valence-corrected chi connectivity index (χ4v) is 3.98. The lowest BCUT2D eigenvalue weighted by Gasteiger charge is -2.34. The quantitative estimate of drug-likeness (QED) is 0.591. The van der Waals surface area contributed by atoms with Crippen LogP contribution in [0, 0.1) is 6.92 Å². The molecule has 1 aliphatic heterocycles. The van der Waals surface area contributed by atoms with Crippen LogP contribution in [0.15, 0.2) is 53.7 Å². The van der Waals surface area contributed by atoms with Crippen LogP contribution in [0.2, 0.25) is 10.0 Å². The van der Waals surface area contributed by atoms with Gasteiger partial charge in [0.2, 0.25) is 11.8 Å². The van der Waals surface area contributed by atoms with Gasteiger partial charge in [0.15, 0.2) is 0 Å². The summed E-state index contributed by atoms with van der Waals surface area (Å²) in [5.74, 6) is -1.71. The van der Waals surface area contributed by atoms with Crippen molar-refractivity contribution in [2.24, 2.45) is 0 Å². The van der Waals surface area contributed by atoms with Gasteiger partial charge in [-0.3, -0.25) is 9.59 Å². The summed E-state index contributed by atoms with van der Waals surface area (Å²) in [5.41, 5.74) is 3.09. The minimum absolute atomic E-state index is 0.00125. The number of amides is 2. The highest BCUT2D eigenvalue weighted by Crippen LogP contribution is 2.38. The third kappa shape index (κ3) is 5.31. The predicted molar refractivity (Wildman–Crippen MR) is 125 cm³/mol. The zero-order valence-corrected chi connectivity index (χ0v) is 19.6. The Hall–Kier alpha value is -2.83. The fraction of sp³-hybridized carbons (Fsp3) is 0.292. The number of allylic oxidation sites excluding steroid dienone is 1. The summed E-state index contributed by atoms with van der Waals surface area (Å²) >= 11 is 12.2. The third-order valence-corrected chi connectivity index (χ3v) is 6.04. The maximum absolute atomic E-state index is 13.0. The number of aryl methyl sites for hydroxylation is 1. The smallest absolute Gasteiger partial charge is 0.336 e. The SMILES string of the molecule is CCOC(=O)C1=C(C)N(CC(=O)Nc2ccc(C)cc2)C(=O)CC1c1ccc(Cl)c(Cl)c1.